The van der Waals surface area contributed by atoms with E-state index in [1.807, 2.05) is 0 Å². The van der Waals surface area contributed by atoms with Crippen molar-refractivity contribution in [1.82, 2.24) is 4.72 Å². The summed E-state index contributed by atoms with van der Waals surface area (Å²) in [5.41, 5.74) is -0.634. The third-order valence-corrected chi connectivity index (χ3v) is 5.49. The molecule has 0 saturated heterocycles. The Balaban J connectivity index is 2.88. The Hall–Kier alpha value is -1.25. The SMILES string of the molecule is CC(C)[C@@H](NS(=O)(=O)c1ccc(Br)cc1)C(=O)OCC(=O)C(C)(C)C. The summed E-state index contributed by atoms with van der Waals surface area (Å²) in [5.74, 6) is -1.35. The third kappa shape index (κ3) is 6.52. The molecule has 8 heteroatoms. The van der Waals surface area contributed by atoms with Crippen molar-refractivity contribution in [3.8, 4) is 0 Å². The lowest BCUT2D eigenvalue weighted by molar-refractivity contribution is -0.152. The van der Waals surface area contributed by atoms with Gasteiger partial charge < -0.3 is 4.74 Å². The largest absolute Gasteiger partial charge is 0.456 e. The number of hydrogen-bond acceptors (Lipinski definition) is 5. The minimum absolute atomic E-state index is 0.0416. The van der Waals surface area contributed by atoms with Gasteiger partial charge in [-0.25, -0.2) is 8.42 Å². The maximum absolute atomic E-state index is 12.5. The van der Waals surface area contributed by atoms with Gasteiger partial charge in [0.25, 0.3) is 0 Å². The Bertz CT molecular complexity index is 720. The summed E-state index contributed by atoms with van der Waals surface area (Å²) in [7, 11) is -3.89. The summed E-state index contributed by atoms with van der Waals surface area (Å²) >= 11 is 3.24. The smallest absolute Gasteiger partial charge is 0.324 e. The van der Waals surface area contributed by atoms with Crippen LogP contribution < -0.4 is 4.72 Å². The lowest BCUT2D eigenvalue weighted by Gasteiger charge is -2.22. The van der Waals surface area contributed by atoms with Gasteiger partial charge in [-0.1, -0.05) is 50.5 Å². The second kappa shape index (κ2) is 8.42. The highest BCUT2D eigenvalue weighted by atomic mass is 79.9. The van der Waals surface area contributed by atoms with E-state index < -0.39 is 27.4 Å². The van der Waals surface area contributed by atoms with E-state index in [-0.39, 0.29) is 23.2 Å². The van der Waals surface area contributed by atoms with Crippen molar-refractivity contribution in [2.75, 3.05) is 6.61 Å². The number of rotatable bonds is 7. The fourth-order valence-corrected chi connectivity index (χ4v) is 3.35. The molecule has 6 nitrogen and oxygen atoms in total. The van der Waals surface area contributed by atoms with Gasteiger partial charge in [0, 0.05) is 9.89 Å². The van der Waals surface area contributed by atoms with E-state index in [2.05, 4.69) is 20.7 Å². The van der Waals surface area contributed by atoms with Crippen molar-refractivity contribution in [3.63, 3.8) is 0 Å². The van der Waals surface area contributed by atoms with Crippen LogP contribution in [0.2, 0.25) is 0 Å². The van der Waals surface area contributed by atoms with Gasteiger partial charge in [-0.05, 0) is 30.2 Å². The molecule has 0 aliphatic rings. The monoisotopic (exact) mass is 433 g/mol. The summed E-state index contributed by atoms with van der Waals surface area (Å²) in [6.45, 7) is 8.17. The molecule has 0 bridgehead atoms. The van der Waals surface area contributed by atoms with Gasteiger partial charge in [0.1, 0.15) is 6.04 Å². The first-order valence-electron chi connectivity index (χ1n) is 7.82. The van der Waals surface area contributed by atoms with Crippen LogP contribution >= 0.6 is 15.9 Å². The summed E-state index contributed by atoms with van der Waals surface area (Å²) in [6.07, 6.45) is 0. The van der Waals surface area contributed by atoms with Crippen LogP contribution in [0.3, 0.4) is 0 Å². The second-order valence-electron chi connectivity index (χ2n) is 7.08. The molecule has 0 aromatic heterocycles. The molecule has 0 radical (unpaired) electrons. The highest BCUT2D eigenvalue weighted by Crippen LogP contribution is 2.17. The fraction of sp³-hybridized carbons (Fsp3) is 0.529. The van der Waals surface area contributed by atoms with Gasteiger partial charge in [0.15, 0.2) is 12.4 Å². The molecule has 1 aromatic carbocycles. The second-order valence-corrected chi connectivity index (χ2v) is 9.71. The molecule has 0 aliphatic heterocycles. The van der Waals surface area contributed by atoms with Gasteiger partial charge in [0.05, 0.1) is 4.90 Å². The maximum atomic E-state index is 12.5. The number of esters is 1. The van der Waals surface area contributed by atoms with E-state index in [0.717, 1.165) is 4.47 Å². The van der Waals surface area contributed by atoms with E-state index in [1.54, 1.807) is 46.8 Å². The lowest BCUT2D eigenvalue weighted by atomic mass is 9.91. The number of nitrogens with one attached hydrogen (secondary N) is 1. The molecule has 0 heterocycles. The predicted octanol–water partition coefficient (Wildman–Crippen LogP) is 2.91. The summed E-state index contributed by atoms with van der Waals surface area (Å²) in [4.78, 5) is 24.2. The number of carbonyl (C=O) groups is 2. The van der Waals surface area contributed by atoms with Crippen molar-refractivity contribution in [2.24, 2.45) is 11.3 Å². The number of sulfonamides is 1. The molecule has 0 aliphatic carbocycles. The van der Waals surface area contributed by atoms with Crippen LogP contribution in [0.25, 0.3) is 0 Å². The molecular weight excluding hydrogens is 410 g/mol. The first-order chi connectivity index (χ1) is 11.3. The molecule has 25 heavy (non-hydrogen) atoms. The highest BCUT2D eigenvalue weighted by molar-refractivity contribution is 9.10. The third-order valence-electron chi connectivity index (χ3n) is 3.51. The van der Waals surface area contributed by atoms with Crippen LogP contribution in [-0.2, 0) is 24.3 Å². The number of ketones is 1. The number of halogens is 1. The fourth-order valence-electron chi connectivity index (χ4n) is 1.75. The number of Topliss-reactive ketones (excluding diaryl/α,β-unsaturated/α-hetero) is 1. The van der Waals surface area contributed by atoms with Gasteiger partial charge in [-0.2, -0.15) is 4.72 Å². The van der Waals surface area contributed by atoms with E-state index >= 15 is 0 Å². The maximum Gasteiger partial charge on any atom is 0.324 e. The molecule has 0 saturated carbocycles. The molecule has 1 rings (SSSR count). The molecule has 1 N–H and O–H groups in total. The molecule has 0 unspecified atom stereocenters. The zero-order valence-corrected chi connectivity index (χ0v) is 17.4. The van der Waals surface area contributed by atoms with Crippen LogP contribution in [0.4, 0.5) is 0 Å². The van der Waals surface area contributed by atoms with Crippen LogP contribution in [0.1, 0.15) is 34.6 Å². The molecule has 0 spiro atoms. The topological polar surface area (TPSA) is 89.5 Å². The summed E-state index contributed by atoms with van der Waals surface area (Å²) in [5, 5.41) is 0. The van der Waals surface area contributed by atoms with E-state index in [4.69, 9.17) is 4.74 Å². The first-order valence-corrected chi connectivity index (χ1v) is 10.1. The number of benzene rings is 1. The minimum Gasteiger partial charge on any atom is -0.456 e. The van der Waals surface area contributed by atoms with Gasteiger partial charge in [-0.15, -0.1) is 0 Å². The van der Waals surface area contributed by atoms with Crippen molar-refractivity contribution in [2.45, 2.75) is 45.6 Å². The summed E-state index contributed by atoms with van der Waals surface area (Å²) in [6, 6.07) is 4.97. The van der Waals surface area contributed by atoms with Crippen LogP contribution in [-0.4, -0.2) is 32.8 Å². The Morgan fingerprint density at radius 2 is 1.68 bits per heavy atom. The number of carbonyl (C=O) groups excluding carboxylic acids is 2. The van der Waals surface area contributed by atoms with E-state index in [1.165, 1.54) is 12.1 Å². The average molecular weight is 434 g/mol. The minimum atomic E-state index is -3.89. The Morgan fingerprint density at radius 1 is 1.16 bits per heavy atom. The average Bonchev–Trinajstić information content (AvgIpc) is 2.49. The van der Waals surface area contributed by atoms with Gasteiger partial charge in [0.2, 0.25) is 10.0 Å². The van der Waals surface area contributed by atoms with Crippen molar-refractivity contribution >= 4 is 37.7 Å². The number of hydrogen-bond donors (Lipinski definition) is 1. The Labute approximate surface area is 157 Å². The van der Waals surface area contributed by atoms with E-state index in [9.17, 15) is 18.0 Å². The standard InChI is InChI=1S/C17H24BrNO5S/c1-11(2)15(16(21)24-10-14(20)17(3,4)5)19-25(22,23)13-8-6-12(18)7-9-13/h6-9,11,15,19H,10H2,1-5H3/t15-/m1/s1. The van der Waals surface area contributed by atoms with Gasteiger partial charge in [-0.3, -0.25) is 9.59 Å². The van der Waals surface area contributed by atoms with Gasteiger partial charge >= 0.3 is 5.97 Å². The predicted molar refractivity (Wildman–Crippen MR) is 98.5 cm³/mol. The van der Waals surface area contributed by atoms with Crippen LogP contribution in [0.15, 0.2) is 33.6 Å². The Morgan fingerprint density at radius 3 is 2.12 bits per heavy atom. The van der Waals surface area contributed by atoms with Crippen LogP contribution in [0, 0.1) is 11.3 Å². The van der Waals surface area contributed by atoms with Crippen LogP contribution in [0.5, 0.6) is 0 Å². The number of ether oxygens (including phenoxy) is 1. The summed E-state index contributed by atoms with van der Waals surface area (Å²) < 4.78 is 33.1. The zero-order chi connectivity index (χ0) is 19.4. The quantitative estimate of drug-likeness (QED) is 0.667. The zero-order valence-electron chi connectivity index (χ0n) is 15.0. The van der Waals surface area contributed by atoms with Crippen molar-refractivity contribution in [1.29, 1.82) is 0 Å². The molecule has 1 atom stereocenters. The normalized spacial score (nSPS) is 13.6. The molecule has 140 valence electrons. The Kier molecular flexibility index (Phi) is 7.34. The molecular formula is C17H24BrNO5S. The molecule has 0 amide bonds. The molecule has 1 aromatic rings. The van der Waals surface area contributed by atoms with Crippen molar-refractivity contribution in [3.05, 3.63) is 28.7 Å². The highest BCUT2D eigenvalue weighted by Gasteiger charge is 2.31. The van der Waals surface area contributed by atoms with E-state index in [0.29, 0.717) is 0 Å². The first kappa shape index (κ1) is 21.8. The lowest BCUT2D eigenvalue weighted by Crippen LogP contribution is -2.46. The van der Waals surface area contributed by atoms with Crippen molar-refractivity contribution < 1.29 is 22.7 Å². The molecule has 0 fully saturated rings.